The molecule has 0 amide bonds. The van der Waals surface area contributed by atoms with Gasteiger partial charge < -0.3 is 10.1 Å². The number of hydrogen-bond donors (Lipinski definition) is 1. The van der Waals surface area contributed by atoms with E-state index < -0.39 is 0 Å². The molecule has 0 saturated heterocycles. The molecule has 19 heavy (non-hydrogen) atoms. The van der Waals surface area contributed by atoms with E-state index in [-0.39, 0.29) is 5.60 Å². The lowest BCUT2D eigenvalue weighted by atomic mass is 9.77. The first kappa shape index (κ1) is 15.3. The largest absolute Gasteiger partial charge is 0.373 e. The predicted octanol–water partition coefficient (Wildman–Crippen LogP) is 4.14. The van der Waals surface area contributed by atoms with Gasteiger partial charge in [-0.25, -0.2) is 0 Å². The molecule has 0 bridgehead atoms. The third-order valence-corrected chi connectivity index (χ3v) is 4.73. The predicted molar refractivity (Wildman–Crippen MR) is 81.4 cm³/mol. The summed E-state index contributed by atoms with van der Waals surface area (Å²) >= 11 is 0. The second-order valence-electron chi connectivity index (χ2n) is 7.28. The van der Waals surface area contributed by atoms with E-state index >= 15 is 0 Å². The second kappa shape index (κ2) is 7.08. The molecule has 0 atom stereocenters. The molecule has 2 aliphatic carbocycles. The van der Waals surface area contributed by atoms with Crippen molar-refractivity contribution >= 4 is 0 Å². The van der Waals surface area contributed by atoms with Crippen LogP contribution in [0.25, 0.3) is 0 Å². The van der Waals surface area contributed by atoms with Crippen molar-refractivity contribution in [3.8, 4) is 0 Å². The third kappa shape index (κ3) is 5.07. The van der Waals surface area contributed by atoms with E-state index in [2.05, 4.69) is 26.1 Å². The minimum absolute atomic E-state index is 0.150. The zero-order valence-electron chi connectivity index (χ0n) is 13.2. The topological polar surface area (TPSA) is 21.3 Å². The Hall–Kier alpha value is -0.0800. The van der Waals surface area contributed by atoms with Gasteiger partial charge in [0.15, 0.2) is 0 Å². The highest BCUT2D eigenvalue weighted by atomic mass is 16.5. The van der Waals surface area contributed by atoms with Crippen LogP contribution in [-0.4, -0.2) is 24.8 Å². The molecule has 0 radical (unpaired) electrons. The number of hydrogen-bond acceptors (Lipinski definition) is 2. The lowest BCUT2D eigenvalue weighted by Crippen LogP contribution is -2.47. The van der Waals surface area contributed by atoms with Gasteiger partial charge >= 0.3 is 0 Å². The fourth-order valence-corrected chi connectivity index (χ4v) is 3.23. The molecule has 0 aromatic rings. The van der Waals surface area contributed by atoms with Crippen LogP contribution in [0.1, 0.15) is 72.1 Å². The summed E-state index contributed by atoms with van der Waals surface area (Å²) in [6, 6.07) is 0.799. The maximum absolute atomic E-state index is 6.37. The van der Waals surface area contributed by atoms with Gasteiger partial charge in [-0.15, -0.1) is 0 Å². The molecule has 0 aliphatic heterocycles. The molecule has 2 nitrogen and oxygen atoms in total. The van der Waals surface area contributed by atoms with Gasteiger partial charge in [0.25, 0.3) is 0 Å². The van der Waals surface area contributed by atoms with Crippen molar-refractivity contribution in [1.29, 1.82) is 0 Å². The van der Waals surface area contributed by atoms with Gasteiger partial charge in [-0.05, 0) is 50.4 Å². The summed E-state index contributed by atoms with van der Waals surface area (Å²) in [7, 11) is 0. The number of nitrogens with one attached hydrogen (secondary N) is 1. The third-order valence-electron chi connectivity index (χ3n) is 4.73. The Kier molecular flexibility index (Phi) is 5.70. The van der Waals surface area contributed by atoms with E-state index in [1.807, 2.05) is 0 Å². The van der Waals surface area contributed by atoms with E-state index in [0.717, 1.165) is 25.1 Å². The van der Waals surface area contributed by atoms with Crippen LogP contribution in [0.4, 0.5) is 0 Å². The SMILES string of the molecule is CCCC1CCC(CNC2CC2)(OCC(C)C)CC1. The first-order chi connectivity index (χ1) is 9.13. The summed E-state index contributed by atoms with van der Waals surface area (Å²) in [5.41, 5.74) is 0.150. The summed E-state index contributed by atoms with van der Waals surface area (Å²) in [6.07, 6.45) is 10.8. The first-order valence-electron chi connectivity index (χ1n) is 8.51. The summed E-state index contributed by atoms with van der Waals surface area (Å²) in [5, 5.41) is 3.71. The zero-order chi connectivity index (χ0) is 13.7. The standard InChI is InChI=1S/C17H33NO/c1-4-5-15-8-10-17(11-9-15,19-12-14(2)3)13-18-16-6-7-16/h14-16,18H,4-13H2,1-3H3. The molecule has 0 heterocycles. The monoisotopic (exact) mass is 267 g/mol. The van der Waals surface area contributed by atoms with Gasteiger partial charge in [0.05, 0.1) is 5.60 Å². The molecule has 2 heteroatoms. The average molecular weight is 267 g/mol. The fourth-order valence-electron chi connectivity index (χ4n) is 3.23. The Labute approximate surface area is 119 Å². The molecule has 0 unspecified atom stereocenters. The van der Waals surface area contributed by atoms with E-state index in [1.165, 1.54) is 51.4 Å². The van der Waals surface area contributed by atoms with E-state index in [0.29, 0.717) is 5.92 Å². The van der Waals surface area contributed by atoms with E-state index in [9.17, 15) is 0 Å². The van der Waals surface area contributed by atoms with Crippen molar-refractivity contribution in [1.82, 2.24) is 5.32 Å². The summed E-state index contributed by atoms with van der Waals surface area (Å²) in [4.78, 5) is 0. The van der Waals surface area contributed by atoms with Crippen LogP contribution in [0.3, 0.4) is 0 Å². The number of rotatable bonds is 8. The summed E-state index contributed by atoms with van der Waals surface area (Å²) in [5.74, 6) is 1.60. The van der Waals surface area contributed by atoms with Crippen molar-refractivity contribution < 1.29 is 4.74 Å². The minimum atomic E-state index is 0.150. The van der Waals surface area contributed by atoms with Crippen molar-refractivity contribution in [3.05, 3.63) is 0 Å². The quantitative estimate of drug-likeness (QED) is 0.713. The van der Waals surface area contributed by atoms with Crippen molar-refractivity contribution in [2.75, 3.05) is 13.2 Å². The average Bonchev–Trinajstić information content (AvgIpc) is 3.21. The Balaban J connectivity index is 1.82. The molecule has 2 rings (SSSR count). The molecule has 112 valence electrons. The molecule has 1 N–H and O–H groups in total. The molecule has 0 aromatic heterocycles. The molecule has 2 saturated carbocycles. The second-order valence-corrected chi connectivity index (χ2v) is 7.28. The van der Waals surface area contributed by atoms with Gasteiger partial charge in [-0.1, -0.05) is 33.6 Å². The Bertz CT molecular complexity index is 244. The van der Waals surface area contributed by atoms with Crippen LogP contribution < -0.4 is 5.32 Å². The van der Waals surface area contributed by atoms with Gasteiger partial charge in [0.2, 0.25) is 0 Å². The van der Waals surface area contributed by atoms with Gasteiger partial charge in [-0.3, -0.25) is 0 Å². The first-order valence-corrected chi connectivity index (χ1v) is 8.51. The molecular weight excluding hydrogens is 234 g/mol. The lowest BCUT2D eigenvalue weighted by molar-refractivity contribution is -0.0861. The van der Waals surface area contributed by atoms with Crippen LogP contribution in [0, 0.1) is 11.8 Å². The normalized spacial score (nSPS) is 31.9. The van der Waals surface area contributed by atoms with Gasteiger partial charge in [0.1, 0.15) is 0 Å². The molecular formula is C17H33NO. The van der Waals surface area contributed by atoms with Crippen LogP contribution in [0.2, 0.25) is 0 Å². The molecule has 0 aromatic carbocycles. The highest BCUT2D eigenvalue weighted by Gasteiger charge is 2.37. The number of ether oxygens (including phenoxy) is 1. The highest BCUT2D eigenvalue weighted by molar-refractivity contribution is 4.92. The van der Waals surface area contributed by atoms with Crippen molar-refractivity contribution in [3.63, 3.8) is 0 Å². The molecule has 2 aliphatic rings. The smallest absolute Gasteiger partial charge is 0.0806 e. The Morgan fingerprint density at radius 2 is 1.84 bits per heavy atom. The Morgan fingerprint density at radius 3 is 2.37 bits per heavy atom. The minimum Gasteiger partial charge on any atom is -0.373 e. The van der Waals surface area contributed by atoms with E-state index in [1.54, 1.807) is 0 Å². The Morgan fingerprint density at radius 1 is 1.16 bits per heavy atom. The van der Waals surface area contributed by atoms with Crippen LogP contribution in [0.5, 0.6) is 0 Å². The summed E-state index contributed by atoms with van der Waals surface area (Å²) < 4.78 is 6.37. The van der Waals surface area contributed by atoms with Crippen LogP contribution in [0.15, 0.2) is 0 Å². The van der Waals surface area contributed by atoms with Crippen LogP contribution in [-0.2, 0) is 4.74 Å². The van der Waals surface area contributed by atoms with Crippen molar-refractivity contribution in [2.45, 2.75) is 83.8 Å². The lowest BCUT2D eigenvalue weighted by Gasteiger charge is -2.41. The summed E-state index contributed by atoms with van der Waals surface area (Å²) in [6.45, 7) is 8.83. The van der Waals surface area contributed by atoms with Gasteiger partial charge in [0, 0.05) is 19.2 Å². The maximum atomic E-state index is 6.37. The van der Waals surface area contributed by atoms with Crippen molar-refractivity contribution in [2.24, 2.45) is 11.8 Å². The van der Waals surface area contributed by atoms with Crippen LogP contribution >= 0.6 is 0 Å². The zero-order valence-corrected chi connectivity index (χ0v) is 13.2. The maximum Gasteiger partial charge on any atom is 0.0806 e. The van der Waals surface area contributed by atoms with E-state index in [4.69, 9.17) is 4.74 Å². The molecule has 0 spiro atoms. The molecule has 2 fully saturated rings. The highest BCUT2D eigenvalue weighted by Crippen LogP contribution is 2.37. The fraction of sp³-hybridized carbons (Fsp3) is 1.00. The van der Waals surface area contributed by atoms with Gasteiger partial charge in [-0.2, -0.15) is 0 Å².